The van der Waals surface area contributed by atoms with Crippen LogP contribution in [-0.4, -0.2) is 59.6 Å². The molecule has 1 aliphatic carbocycles. The van der Waals surface area contributed by atoms with E-state index in [0.29, 0.717) is 32.8 Å². The fourth-order valence-electron chi connectivity index (χ4n) is 3.93. The number of carbonyl (C=O) groups excluding carboxylic acids is 2. The number of hydrogen-bond acceptors (Lipinski definition) is 5. The maximum absolute atomic E-state index is 12.9. The van der Waals surface area contributed by atoms with Crippen molar-refractivity contribution in [2.24, 2.45) is 0 Å². The standard InChI is InChI=1S/C19H25F3N4O2S/c1-12-13-9-26(18(2)3-4-18)11-25(7-5-19(20,21)22)17(13)29-14(12)10-24-8-6-23-15(27)16(24)28/h3-11H2,1-2H3,(H,23,27). The molecule has 2 amide bonds. The lowest BCUT2D eigenvalue weighted by Crippen LogP contribution is -2.51. The fourth-order valence-corrected chi connectivity index (χ4v) is 5.28. The third kappa shape index (κ3) is 4.09. The van der Waals surface area contributed by atoms with Gasteiger partial charge >= 0.3 is 18.0 Å². The summed E-state index contributed by atoms with van der Waals surface area (Å²) in [6, 6.07) is 0. The van der Waals surface area contributed by atoms with Gasteiger partial charge in [0.25, 0.3) is 0 Å². The predicted octanol–water partition coefficient (Wildman–Crippen LogP) is 2.60. The molecule has 0 radical (unpaired) electrons. The van der Waals surface area contributed by atoms with Crippen molar-refractivity contribution >= 4 is 28.2 Å². The van der Waals surface area contributed by atoms with E-state index in [1.165, 1.54) is 16.2 Å². The summed E-state index contributed by atoms with van der Waals surface area (Å²) in [4.78, 5) is 30.3. The Bertz CT molecular complexity index is 834. The number of halogens is 3. The molecule has 0 atom stereocenters. The smallest absolute Gasteiger partial charge is 0.350 e. The van der Waals surface area contributed by atoms with Gasteiger partial charge in [0.05, 0.1) is 24.6 Å². The van der Waals surface area contributed by atoms with Gasteiger partial charge in [-0.2, -0.15) is 13.2 Å². The van der Waals surface area contributed by atoms with Gasteiger partial charge < -0.3 is 15.1 Å². The second-order valence-electron chi connectivity index (χ2n) is 8.38. The van der Waals surface area contributed by atoms with Crippen LogP contribution in [0.5, 0.6) is 0 Å². The van der Waals surface area contributed by atoms with Crippen molar-refractivity contribution in [3.8, 4) is 0 Å². The van der Waals surface area contributed by atoms with E-state index in [1.54, 1.807) is 0 Å². The van der Waals surface area contributed by atoms with E-state index in [1.807, 2.05) is 11.8 Å². The molecule has 0 bridgehead atoms. The van der Waals surface area contributed by atoms with Gasteiger partial charge in [0.15, 0.2) is 0 Å². The average Bonchev–Trinajstić information content (AvgIpc) is 3.33. The van der Waals surface area contributed by atoms with Gasteiger partial charge in [-0.15, -0.1) is 11.3 Å². The van der Waals surface area contributed by atoms with Crippen molar-refractivity contribution in [2.75, 3.05) is 31.2 Å². The minimum Gasteiger partial charge on any atom is -0.350 e. The molecule has 0 aromatic carbocycles. The van der Waals surface area contributed by atoms with Crippen molar-refractivity contribution in [3.05, 3.63) is 16.0 Å². The maximum atomic E-state index is 12.9. The molecule has 1 saturated carbocycles. The quantitative estimate of drug-likeness (QED) is 0.730. The maximum Gasteiger partial charge on any atom is 0.390 e. The molecule has 1 N–H and O–H groups in total. The van der Waals surface area contributed by atoms with Gasteiger partial charge in [-0.05, 0) is 32.3 Å². The van der Waals surface area contributed by atoms with Crippen LogP contribution in [0.1, 0.15) is 42.2 Å². The first kappa shape index (κ1) is 20.5. The molecule has 3 heterocycles. The Kier molecular flexibility index (Phi) is 5.05. The average molecular weight is 430 g/mol. The van der Waals surface area contributed by atoms with Crippen molar-refractivity contribution < 1.29 is 22.8 Å². The number of nitrogens with one attached hydrogen (secondary N) is 1. The van der Waals surface area contributed by atoms with Crippen LogP contribution in [0.15, 0.2) is 0 Å². The van der Waals surface area contributed by atoms with Gasteiger partial charge in [-0.1, -0.05) is 0 Å². The predicted molar refractivity (Wildman–Crippen MR) is 104 cm³/mol. The molecule has 0 spiro atoms. The van der Waals surface area contributed by atoms with Gasteiger partial charge in [0, 0.05) is 42.2 Å². The van der Waals surface area contributed by atoms with Crippen molar-refractivity contribution in [2.45, 2.75) is 57.9 Å². The molecule has 29 heavy (non-hydrogen) atoms. The van der Waals surface area contributed by atoms with E-state index in [4.69, 9.17) is 0 Å². The summed E-state index contributed by atoms with van der Waals surface area (Å²) >= 11 is 1.46. The molecule has 3 aliphatic rings. The van der Waals surface area contributed by atoms with Crippen LogP contribution in [0.4, 0.5) is 18.2 Å². The third-order valence-corrected chi connectivity index (χ3v) is 7.59. The molecule has 6 nitrogen and oxygen atoms in total. The summed E-state index contributed by atoms with van der Waals surface area (Å²) in [5, 5.41) is 3.40. The highest BCUT2D eigenvalue weighted by atomic mass is 32.1. The normalized spacial score (nSPS) is 22.0. The molecule has 0 unspecified atom stereocenters. The van der Waals surface area contributed by atoms with Gasteiger partial charge in [0.2, 0.25) is 0 Å². The molecule has 1 aromatic rings. The van der Waals surface area contributed by atoms with Crippen LogP contribution in [0.2, 0.25) is 0 Å². The number of thiophene rings is 1. The fraction of sp³-hybridized carbons (Fsp3) is 0.684. The zero-order chi connectivity index (χ0) is 21.0. The van der Waals surface area contributed by atoms with Crippen LogP contribution < -0.4 is 10.2 Å². The SMILES string of the molecule is Cc1c(CN2CCNC(=O)C2=O)sc2c1CN(C1(C)CC1)CN2CCC(F)(F)F. The van der Waals surface area contributed by atoms with E-state index in [2.05, 4.69) is 17.1 Å². The Hall–Kier alpha value is -1.81. The summed E-state index contributed by atoms with van der Waals surface area (Å²) in [6.07, 6.45) is -2.94. The Balaban J connectivity index is 1.60. The minimum atomic E-state index is -4.20. The first-order valence-corrected chi connectivity index (χ1v) is 10.6. The number of anilines is 1. The van der Waals surface area contributed by atoms with Gasteiger partial charge in [-0.25, -0.2) is 0 Å². The summed E-state index contributed by atoms with van der Waals surface area (Å²) in [7, 11) is 0. The molecule has 2 aliphatic heterocycles. The van der Waals surface area contributed by atoms with E-state index in [-0.39, 0.29) is 12.1 Å². The number of nitrogens with zero attached hydrogens (tertiary/aromatic N) is 3. The summed E-state index contributed by atoms with van der Waals surface area (Å²) in [6.45, 7) is 6.43. The monoisotopic (exact) mass is 430 g/mol. The zero-order valence-electron chi connectivity index (χ0n) is 16.6. The molecule has 2 fully saturated rings. The van der Waals surface area contributed by atoms with Crippen molar-refractivity contribution in [1.29, 1.82) is 0 Å². The van der Waals surface area contributed by atoms with Crippen LogP contribution in [0.25, 0.3) is 0 Å². The van der Waals surface area contributed by atoms with Crippen LogP contribution in [-0.2, 0) is 22.7 Å². The number of amides is 2. The van der Waals surface area contributed by atoms with Crippen LogP contribution >= 0.6 is 11.3 Å². The first-order valence-electron chi connectivity index (χ1n) is 9.82. The number of alkyl halides is 3. The number of carbonyl (C=O) groups is 2. The molecule has 1 saturated heterocycles. The van der Waals surface area contributed by atoms with Crippen molar-refractivity contribution in [1.82, 2.24) is 15.1 Å². The number of hydrogen-bond donors (Lipinski definition) is 1. The largest absolute Gasteiger partial charge is 0.390 e. The molecule has 10 heteroatoms. The van der Waals surface area contributed by atoms with Crippen molar-refractivity contribution in [3.63, 3.8) is 0 Å². The van der Waals surface area contributed by atoms with E-state index in [9.17, 15) is 22.8 Å². The Morgan fingerprint density at radius 1 is 1.21 bits per heavy atom. The summed E-state index contributed by atoms with van der Waals surface area (Å²) in [5.41, 5.74) is 2.14. The zero-order valence-corrected chi connectivity index (χ0v) is 17.4. The highest BCUT2D eigenvalue weighted by Crippen LogP contribution is 2.48. The van der Waals surface area contributed by atoms with E-state index < -0.39 is 24.4 Å². The Labute approximate surface area is 171 Å². The third-order valence-electron chi connectivity index (χ3n) is 6.21. The molecule has 4 rings (SSSR count). The highest BCUT2D eigenvalue weighted by molar-refractivity contribution is 7.16. The first-order chi connectivity index (χ1) is 13.6. The summed E-state index contributed by atoms with van der Waals surface area (Å²) < 4.78 is 38.7. The highest BCUT2D eigenvalue weighted by Gasteiger charge is 2.46. The molecule has 1 aromatic heterocycles. The molecular weight excluding hydrogens is 405 g/mol. The van der Waals surface area contributed by atoms with E-state index >= 15 is 0 Å². The number of piperazine rings is 1. The number of rotatable bonds is 5. The summed E-state index contributed by atoms with van der Waals surface area (Å²) in [5.74, 6) is -1.15. The lowest BCUT2D eigenvalue weighted by molar-refractivity contribution is -0.148. The lowest BCUT2D eigenvalue weighted by Gasteiger charge is -2.40. The van der Waals surface area contributed by atoms with Crippen LogP contribution in [0.3, 0.4) is 0 Å². The van der Waals surface area contributed by atoms with Gasteiger partial charge in [0.1, 0.15) is 0 Å². The number of fused-ring (bicyclic) bond motifs is 1. The molecular formula is C19H25F3N4O2S. The van der Waals surface area contributed by atoms with Crippen LogP contribution in [0, 0.1) is 6.92 Å². The second-order valence-corrected chi connectivity index (χ2v) is 9.47. The Morgan fingerprint density at radius 2 is 1.93 bits per heavy atom. The van der Waals surface area contributed by atoms with E-state index in [0.717, 1.165) is 33.8 Å². The lowest BCUT2D eigenvalue weighted by atomic mass is 10.1. The second kappa shape index (κ2) is 7.16. The minimum absolute atomic E-state index is 0.0592. The van der Waals surface area contributed by atoms with Gasteiger partial charge in [-0.3, -0.25) is 14.5 Å². The molecule has 160 valence electrons. The Morgan fingerprint density at radius 3 is 2.59 bits per heavy atom. The topological polar surface area (TPSA) is 55.9 Å².